The number of methoxy groups -OCH3 is 1. The van der Waals surface area contributed by atoms with Gasteiger partial charge in [-0.15, -0.1) is 11.3 Å². The van der Waals surface area contributed by atoms with Crippen molar-refractivity contribution in [2.75, 3.05) is 26.8 Å². The van der Waals surface area contributed by atoms with Gasteiger partial charge in [0.25, 0.3) is 5.91 Å². The first-order chi connectivity index (χ1) is 16.9. The molecule has 1 aliphatic rings. The molecule has 4 aromatic rings. The number of benzene rings is 2. The van der Waals surface area contributed by atoms with Gasteiger partial charge in [0.05, 0.1) is 13.7 Å². The summed E-state index contributed by atoms with van der Waals surface area (Å²) in [6.45, 7) is 7.31. The highest BCUT2D eigenvalue weighted by Crippen LogP contribution is 2.41. The highest BCUT2D eigenvalue weighted by Gasteiger charge is 2.28. The molecule has 1 aliphatic heterocycles. The number of fused-ring (bicyclic) bond motifs is 2. The molecule has 0 spiro atoms. The van der Waals surface area contributed by atoms with E-state index in [-0.39, 0.29) is 0 Å². The quantitative estimate of drug-likeness (QED) is 0.328. The number of carbonyl (C=O) groups excluding carboxylic acids is 1. The van der Waals surface area contributed by atoms with E-state index in [1.165, 1.54) is 27.8 Å². The first kappa shape index (κ1) is 23.7. The fourth-order valence-corrected chi connectivity index (χ4v) is 6.48. The number of aromatic amines is 1. The number of nitrogens with two attached hydrogens (primary N) is 1. The topological polar surface area (TPSA) is 80.6 Å². The van der Waals surface area contributed by atoms with Crippen LogP contribution in [0.5, 0.6) is 11.5 Å². The Labute approximate surface area is 210 Å². The molecule has 3 atom stereocenters. The summed E-state index contributed by atoms with van der Waals surface area (Å²) in [6.07, 6.45) is 2.34. The smallest absolute Gasteiger partial charge is 0.265 e. The molecule has 0 aliphatic carbocycles. The van der Waals surface area contributed by atoms with Gasteiger partial charge in [-0.25, -0.2) is 0 Å². The number of H-pyrrole nitrogens is 1. The fourth-order valence-electron chi connectivity index (χ4n) is 5.25. The Morgan fingerprint density at radius 1 is 1.20 bits per heavy atom. The van der Waals surface area contributed by atoms with Crippen molar-refractivity contribution in [3.05, 3.63) is 59.1 Å². The van der Waals surface area contributed by atoms with Gasteiger partial charge in [0.1, 0.15) is 17.2 Å². The van der Waals surface area contributed by atoms with E-state index in [9.17, 15) is 4.79 Å². The van der Waals surface area contributed by atoms with Gasteiger partial charge in [-0.05, 0) is 68.6 Å². The van der Waals surface area contributed by atoms with Crippen LogP contribution in [0.2, 0.25) is 0 Å². The van der Waals surface area contributed by atoms with Crippen LogP contribution in [0.15, 0.2) is 48.5 Å². The molecular weight excluding hydrogens is 458 g/mol. The minimum atomic E-state index is -0.465. The van der Waals surface area contributed by atoms with Crippen molar-refractivity contribution >= 4 is 38.2 Å². The minimum absolute atomic E-state index is 0.382. The van der Waals surface area contributed by atoms with Crippen molar-refractivity contribution < 1.29 is 14.3 Å². The van der Waals surface area contributed by atoms with Crippen LogP contribution in [-0.4, -0.2) is 48.6 Å². The molecule has 2 aromatic heterocycles. The Morgan fingerprint density at radius 3 is 2.77 bits per heavy atom. The maximum atomic E-state index is 11.5. The lowest BCUT2D eigenvalue weighted by atomic mass is 9.89. The zero-order chi connectivity index (χ0) is 24.5. The molecule has 5 rings (SSSR count). The summed E-state index contributed by atoms with van der Waals surface area (Å²) in [5.41, 5.74) is 6.69. The number of nitrogens with zero attached hydrogens (tertiary/aromatic N) is 1. The van der Waals surface area contributed by atoms with Gasteiger partial charge in [0, 0.05) is 44.4 Å². The second kappa shape index (κ2) is 9.91. The lowest BCUT2D eigenvalue weighted by molar-refractivity contribution is 0.0996. The Balaban J connectivity index is 1.18. The first-order valence-electron chi connectivity index (χ1n) is 12.3. The van der Waals surface area contributed by atoms with Crippen LogP contribution in [-0.2, 0) is 0 Å². The van der Waals surface area contributed by atoms with Gasteiger partial charge in [-0.3, -0.25) is 4.79 Å². The Kier molecular flexibility index (Phi) is 6.71. The SMILES string of the molecule is COc1cccc2sc([C@H]3CCN(C[C@H](C)COc4cccc5[nH]c(C(N)=O)cc45)[C@H](C)C3)cc12. The fraction of sp³-hybridized carbons (Fsp3) is 0.393. The number of hydrogen-bond acceptors (Lipinski definition) is 5. The molecule has 0 radical (unpaired) electrons. The van der Waals surface area contributed by atoms with E-state index < -0.39 is 5.91 Å². The van der Waals surface area contributed by atoms with Gasteiger partial charge in [-0.2, -0.15) is 0 Å². The number of primary amides is 1. The number of amides is 1. The zero-order valence-corrected chi connectivity index (χ0v) is 21.4. The van der Waals surface area contributed by atoms with Crippen molar-refractivity contribution in [1.29, 1.82) is 0 Å². The van der Waals surface area contributed by atoms with Crippen molar-refractivity contribution in [3.8, 4) is 11.5 Å². The normalized spacial score (nSPS) is 19.7. The second-order valence-electron chi connectivity index (χ2n) is 9.77. The third-order valence-corrected chi connectivity index (χ3v) is 8.40. The zero-order valence-electron chi connectivity index (χ0n) is 20.5. The molecule has 0 unspecified atom stereocenters. The lowest BCUT2D eigenvalue weighted by Crippen LogP contribution is -2.43. The monoisotopic (exact) mass is 491 g/mol. The van der Waals surface area contributed by atoms with Crippen LogP contribution in [0.25, 0.3) is 21.0 Å². The van der Waals surface area contributed by atoms with Gasteiger partial charge in [-0.1, -0.05) is 19.1 Å². The van der Waals surface area contributed by atoms with Gasteiger partial charge in [0.15, 0.2) is 0 Å². The van der Waals surface area contributed by atoms with E-state index in [0.717, 1.165) is 35.5 Å². The number of carbonyl (C=O) groups is 1. The molecule has 1 saturated heterocycles. The third kappa shape index (κ3) is 4.88. The van der Waals surface area contributed by atoms with Crippen LogP contribution in [0.1, 0.15) is 48.0 Å². The molecule has 7 heteroatoms. The third-order valence-electron chi connectivity index (χ3n) is 7.14. The summed E-state index contributed by atoms with van der Waals surface area (Å²) in [6, 6.07) is 16.7. The number of nitrogens with one attached hydrogen (secondary N) is 1. The summed E-state index contributed by atoms with van der Waals surface area (Å²) in [7, 11) is 1.74. The summed E-state index contributed by atoms with van der Waals surface area (Å²) in [4.78, 5) is 18.7. The van der Waals surface area contributed by atoms with E-state index >= 15 is 0 Å². The predicted octanol–water partition coefficient (Wildman–Crippen LogP) is 5.77. The summed E-state index contributed by atoms with van der Waals surface area (Å²) >= 11 is 1.91. The van der Waals surface area contributed by atoms with Crippen molar-refractivity contribution in [2.24, 2.45) is 11.7 Å². The van der Waals surface area contributed by atoms with E-state index in [2.05, 4.69) is 41.9 Å². The maximum absolute atomic E-state index is 11.5. The Bertz CT molecular complexity index is 1340. The van der Waals surface area contributed by atoms with Crippen molar-refractivity contribution in [3.63, 3.8) is 0 Å². The largest absolute Gasteiger partial charge is 0.496 e. The number of aromatic nitrogens is 1. The van der Waals surface area contributed by atoms with Crippen molar-refractivity contribution in [1.82, 2.24) is 9.88 Å². The lowest BCUT2D eigenvalue weighted by Gasteiger charge is -2.38. The maximum Gasteiger partial charge on any atom is 0.265 e. The summed E-state index contributed by atoms with van der Waals surface area (Å²) in [5, 5.41) is 2.12. The number of thiophene rings is 1. The van der Waals surface area contributed by atoms with E-state index in [0.29, 0.717) is 30.2 Å². The molecule has 2 aromatic carbocycles. The van der Waals surface area contributed by atoms with Gasteiger partial charge in [0.2, 0.25) is 0 Å². The molecule has 184 valence electrons. The highest BCUT2D eigenvalue weighted by atomic mass is 32.1. The number of hydrogen-bond donors (Lipinski definition) is 2. The van der Waals surface area contributed by atoms with Gasteiger partial charge < -0.3 is 25.1 Å². The number of ether oxygens (including phenoxy) is 2. The first-order valence-corrected chi connectivity index (χ1v) is 13.1. The van der Waals surface area contributed by atoms with E-state index in [1.54, 1.807) is 13.2 Å². The molecule has 3 heterocycles. The van der Waals surface area contributed by atoms with Crippen LogP contribution in [0.4, 0.5) is 0 Å². The van der Waals surface area contributed by atoms with Crippen LogP contribution in [0, 0.1) is 5.92 Å². The van der Waals surface area contributed by atoms with E-state index in [1.807, 2.05) is 35.6 Å². The van der Waals surface area contributed by atoms with Crippen LogP contribution >= 0.6 is 11.3 Å². The Morgan fingerprint density at radius 2 is 2.00 bits per heavy atom. The number of likely N-dealkylation sites (tertiary alicyclic amines) is 1. The van der Waals surface area contributed by atoms with Crippen LogP contribution in [0.3, 0.4) is 0 Å². The van der Waals surface area contributed by atoms with Gasteiger partial charge >= 0.3 is 0 Å². The van der Waals surface area contributed by atoms with E-state index in [4.69, 9.17) is 15.2 Å². The molecule has 0 saturated carbocycles. The molecule has 0 bridgehead atoms. The highest BCUT2D eigenvalue weighted by molar-refractivity contribution is 7.19. The Hall–Kier alpha value is -3.03. The molecule has 35 heavy (non-hydrogen) atoms. The molecule has 1 fully saturated rings. The second-order valence-corrected chi connectivity index (χ2v) is 10.9. The molecule has 6 nitrogen and oxygen atoms in total. The van der Waals surface area contributed by atoms with Crippen molar-refractivity contribution in [2.45, 2.75) is 38.6 Å². The average molecular weight is 492 g/mol. The standard InChI is InChI=1S/C28H33N3O3S/c1-17(16-34-25-8-4-6-22-20(25)13-23(30-22)28(29)32)15-31-11-10-19(12-18(31)2)27-14-21-24(33-3)7-5-9-26(21)35-27/h4-9,13-14,17-19,30H,10-12,15-16H2,1-3H3,(H2,29,32)/t17-,18+,19-/m0/s1. The summed E-state index contributed by atoms with van der Waals surface area (Å²) in [5.74, 6) is 2.26. The number of piperidine rings is 1. The average Bonchev–Trinajstić information content (AvgIpc) is 3.49. The predicted molar refractivity (Wildman–Crippen MR) is 143 cm³/mol. The van der Waals surface area contributed by atoms with Crippen LogP contribution < -0.4 is 15.2 Å². The molecular formula is C28H33N3O3S. The molecule has 1 amide bonds. The minimum Gasteiger partial charge on any atom is -0.496 e. The number of rotatable bonds is 8. The molecule has 3 N–H and O–H groups in total. The summed E-state index contributed by atoms with van der Waals surface area (Å²) < 4.78 is 13.1.